The molecule has 1 N–H and O–H groups in total. The van der Waals surface area contributed by atoms with Crippen molar-refractivity contribution in [1.29, 1.82) is 0 Å². The molecule has 1 unspecified atom stereocenters. The van der Waals surface area contributed by atoms with Gasteiger partial charge in [0.25, 0.3) is 0 Å². The van der Waals surface area contributed by atoms with Crippen LogP contribution in [0.3, 0.4) is 0 Å². The minimum Gasteiger partial charge on any atom is -0.481 e. The predicted molar refractivity (Wildman–Crippen MR) is 65.7 cm³/mol. The fourth-order valence-corrected chi connectivity index (χ4v) is 2.00. The van der Waals surface area contributed by atoms with Crippen LogP contribution in [-0.4, -0.2) is 11.1 Å². The van der Waals surface area contributed by atoms with E-state index in [0.717, 1.165) is 12.1 Å². The lowest BCUT2D eigenvalue weighted by molar-refractivity contribution is -0.142. The minimum atomic E-state index is -4.40. The van der Waals surface area contributed by atoms with Gasteiger partial charge < -0.3 is 5.11 Å². The van der Waals surface area contributed by atoms with Crippen LogP contribution in [-0.2, 0) is 17.4 Å². The second-order valence-electron chi connectivity index (χ2n) is 5.07. The van der Waals surface area contributed by atoms with Crippen LogP contribution in [0.1, 0.15) is 31.4 Å². The van der Waals surface area contributed by atoms with Gasteiger partial charge in [-0.2, -0.15) is 13.2 Å². The molecule has 1 aromatic rings. The number of carboxylic acid groups (broad SMARTS) is 1. The monoisotopic (exact) mass is 274 g/mol. The summed E-state index contributed by atoms with van der Waals surface area (Å²) in [6.45, 7) is 3.78. The van der Waals surface area contributed by atoms with Crippen molar-refractivity contribution in [2.24, 2.45) is 11.8 Å². The quantitative estimate of drug-likeness (QED) is 0.881. The predicted octanol–water partition coefficient (Wildman–Crippen LogP) is 3.99. The molecule has 1 aromatic carbocycles. The normalized spacial score (nSPS) is 13.6. The van der Waals surface area contributed by atoms with Crippen molar-refractivity contribution in [2.45, 2.75) is 32.9 Å². The first-order valence-corrected chi connectivity index (χ1v) is 6.09. The summed E-state index contributed by atoms with van der Waals surface area (Å²) >= 11 is 0. The number of carboxylic acids is 1. The number of hydrogen-bond donors (Lipinski definition) is 1. The highest BCUT2D eigenvalue weighted by Crippen LogP contribution is 2.30. The van der Waals surface area contributed by atoms with E-state index in [1.807, 2.05) is 13.8 Å². The molecule has 0 saturated heterocycles. The van der Waals surface area contributed by atoms with E-state index in [-0.39, 0.29) is 12.3 Å². The molecule has 106 valence electrons. The molecule has 1 atom stereocenters. The first-order chi connectivity index (χ1) is 8.70. The van der Waals surface area contributed by atoms with Crippen LogP contribution in [0.2, 0.25) is 0 Å². The summed E-state index contributed by atoms with van der Waals surface area (Å²) in [4.78, 5) is 11.1. The van der Waals surface area contributed by atoms with Gasteiger partial charge >= 0.3 is 12.1 Å². The summed E-state index contributed by atoms with van der Waals surface area (Å²) in [7, 11) is 0. The number of carbonyl (C=O) groups is 1. The molecule has 1 rings (SSSR count). The zero-order valence-corrected chi connectivity index (χ0v) is 10.9. The lowest BCUT2D eigenvalue weighted by Gasteiger charge is -2.15. The van der Waals surface area contributed by atoms with Crippen LogP contribution in [0.5, 0.6) is 0 Å². The molecule has 0 radical (unpaired) electrons. The fourth-order valence-electron chi connectivity index (χ4n) is 2.00. The van der Waals surface area contributed by atoms with E-state index in [4.69, 9.17) is 5.11 Å². The lowest BCUT2D eigenvalue weighted by atomic mass is 9.90. The highest BCUT2D eigenvalue weighted by atomic mass is 19.4. The molecule has 0 fully saturated rings. The number of halogens is 3. The zero-order chi connectivity index (χ0) is 14.6. The van der Waals surface area contributed by atoms with Crippen LogP contribution in [0.25, 0.3) is 0 Å². The summed E-state index contributed by atoms with van der Waals surface area (Å²) in [5, 5.41) is 9.09. The SMILES string of the molecule is CC(C)CC(Cc1cccc(C(F)(F)F)c1)C(=O)O. The molecule has 0 spiro atoms. The van der Waals surface area contributed by atoms with Gasteiger partial charge in [0, 0.05) is 0 Å². The summed E-state index contributed by atoms with van der Waals surface area (Å²) in [6, 6.07) is 4.86. The van der Waals surface area contributed by atoms with Crippen molar-refractivity contribution < 1.29 is 23.1 Å². The van der Waals surface area contributed by atoms with Crippen molar-refractivity contribution in [1.82, 2.24) is 0 Å². The molecule has 0 saturated carbocycles. The van der Waals surface area contributed by atoms with Gasteiger partial charge in [-0.15, -0.1) is 0 Å². The molecular weight excluding hydrogens is 257 g/mol. The van der Waals surface area contributed by atoms with E-state index in [2.05, 4.69) is 0 Å². The van der Waals surface area contributed by atoms with Crippen LogP contribution < -0.4 is 0 Å². The molecule has 0 aliphatic rings. The standard InChI is InChI=1S/C14H17F3O2/c1-9(2)6-11(13(18)19)7-10-4-3-5-12(8-10)14(15,16)17/h3-5,8-9,11H,6-7H2,1-2H3,(H,18,19). The second kappa shape index (κ2) is 6.08. The van der Waals surface area contributed by atoms with E-state index in [1.165, 1.54) is 12.1 Å². The van der Waals surface area contributed by atoms with E-state index in [9.17, 15) is 18.0 Å². The van der Waals surface area contributed by atoms with Crippen LogP contribution in [0.15, 0.2) is 24.3 Å². The molecule has 0 amide bonds. The summed E-state index contributed by atoms with van der Waals surface area (Å²) in [6.07, 6.45) is -3.82. The van der Waals surface area contributed by atoms with Gasteiger partial charge in [0.1, 0.15) is 0 Å². The second-order valence-corrected chi connectivity index (χ2v) is 5.07. The molecule has 2 nitrogen and oxygen atoms in total. The van der Waals surface area contributed by atoms with Gasteiger partial charge in [0.2, 0.25) is 0 Å². The van der Waals surface area contributed by atoms with Gasteiger partial charge in [-0.05, 0) is 30.4 Å². The number of benzene rings is 1. The molecule has 0 heterocycles. The fraction of sp³-hybridized carbons (Fsp3) is 0.500. The molecule has 0 aliphatic carbocycles. The Labute approximate surface area is 110 Å². The Morgan fingerprint density at radius 1 is 1.32 bits per heavy atom. The lowest BCUT2D eigenvalue weighted by Crippen LogP contribution is -2.19. The Kier molecular flexibility index (Phi) is 4.97. The third-order valence-corrected chi connectivity index (χ3v) is 2.84. The average molecular weight is 274 g/mol. The smallest absolute Gasteiger partial charge is 0.416 e. The largest absolute Gasteiger partial charge is 0.481 e. The maximum atomic E-state index is 12.6. The summed E-state index contributed by atoms with van der Waals surface area (Å²) < 4.78 is 37.7. The number of aliphatic carboxylic acids is 1. The van der Waals surface area contributed by atoms with Crippen molar-refractivity contribution in [3.63, 3.8) is 0 Å². The van der Waals surface area contributed by atoms with Gasteiger partial charge in [-0.25, -0.2) is 0 Å². The minimum absolute atomic E-state index is 0.122. The van der Waals surface area contributed by atoms with Gasteiger partial charge in [-0.3, -0.25) is 4.79 Å². The van der Waals surface area contributed by atoms with Crippen LogP contribution in [0, 0.1) is 11.8 Å². The topological polar surface area (TPSA) is 37.3 Å². The molecular formula is C14H17F3O2. The first kappa shape index (κ1) is 15.5. The maximum Gasteiger partial charge on any atom is 0.416 e. The Hall–Kier alpha value is -1.52. The van der Waals surface area contributed by atoms with Crippen LogP contribution >= 0.6 is 0 Å². The van der Waals surface area contributed by atoms with Gasteiger partial charge in [0.15, 0.2) is 0 Å². The average Bonchev–Trinajstić information content (AvgIpc) is 2.26. The Morgan fingerprint density at radius 2 is 1.95 bits per heavy atom. The number of rotatable bonds is 5. The van der Waals surface area contributed by atoms with Crippen molar-refractivity contribution in [3.8, 4) is 0 Å². The van der Waals surface area contributed by atoms with E-state index < -0.39 is 23.6 Å². The van der Waals surface area contributed by atoms with E-state index in [1.54, 1.807) is 0 Å². The highest BCUT2D eigenvalue weighted by Gasteiger charge is 2.30. The highest BCUT2D eigenvalue weighted by molar-refractivity contribution is 5.70. The van der Waals surface area contributed by atoms with E-state index >= 15 is 0 Å². The Balaban J connectivity index is 2.88. The first-order valence-electron chi connectivity index (χ1n) is 6.09. The van der Waals surface area contributed by atoms with Crippen molar-refractivity contribution in [2.75, 3.05) is 0 Å². The molecule has 0 aliphatic heterocycles. The van der Waals surface area contributed by atoms with E-state index in [0.29, 0.717) is 12.0 Å². The van der Waals surface area contributed by atoms with Crippen molar-refractivity contribution >= 4 is 5.97 Å². The van der Waals surface area contributed by atoms with Gasteiger partial charge in [-0.1, -0.05) is 32.0 Å². The molecule has 0 aromatic heterocycles. The third-order valence-electron chi connectivity index (χ3n) is 2.84. The van der Waals surface area contributed by atoms with Crippen molar-refractivity contribution in [3.05, 3.63) is 35.4 Å². The maximum absolute atomic E-state index is 12.6. The van der Waals surface area contributed by atoms with Crippen LogP contribution in [0.4, 0.5) is 13.2 Å². The van der Waals surface area contributed by atoms with Gasteiger partial charge in [0.05, 0.1) is 11.5 Å². The number of hydrogen-bond acceptors (Lipinski definition) is 1. The molecule has 19 heavy (non-hydrogen) atoms. The Morgan fingerprint density at radius 3 is 2.42 bits per heavy atom. The summed E-state index contributed by atoms with van der Waals surface area (Å²) in [5.41, 5.74) is -0.332. The summed E-state index contributed by atoms with van der Waals surface area (Å²) in [5.74, 6) is -1.43. The molecule has 0 bridgehead atoms. The Bertz CT molecular complexity index is 439. The number of alkyl halides is 3. The molecule has 5 heteroatoms. The third kappa shape index (κ3) is 4.93. The zero-order valence-electron chi connectivity index (χ0n) is 10.9.